The van der Waals surface area contributed by atoms with Gasteiger partial charge in [0, 0.05) is 44.7 Å². The molecule has 4 heterocycles. The largest absolute Gasteiger partial charge is 0.463 e. The topological polar surface area (TPSA) is 89.2 Å². The minimum Gasteiger partial charge on any atom is -0.463 e. The lowest BCUT2D eigenvalue weighted by molar-refractivity contribution is 0.210. The van der Waals surface area contributed by atoms with Gasteiger partial charge >= 0.3 is 0 Å². The minimum atomic E-state index is 0.524. The lowest BCUT2D eigenvalue weighted by atomic mass is 10.1. The zero-order valence-corrected chi connectivity index (χ0v) is 15.3. The SMILES string of the molecule is COCCNc1ncc(-c2ccnc(N3CCCC3)n2)c(-c2ccco2)n1. The van der Waals surface area contributed by atoms with Gasteiger partial charge in [-0.3, -0.25) is 0 Å². The number of anilines is 2. The molecule has 3 aromatic rings. The lowest BCUT2D eigenvalue weighted by Crippen LogP contribution is -2.20. The summed E-state index contributed by atoms with van der Waals surface area (Å²) in [7, 11) is 1.66. The van der Waals surface area contributed by atoms with Crippen LogP contribution in [0.15, 0.2) is 41.3 Å². The van der Waals surface area contributed by atoms with Gasteiger partial charge < -0.3 is 19.4 Å². The van der Waals surface area contributed by atoms with E-state index in [1.54, 1.807) is 25.8 Å². The third-order valence-corrected chi connectivity index (χ3v) is 4.44. The molecule has 1 aliphatic heterocycles. The third kappa shape index (κ3) is 3.90. The number of hydrogen-bond donors (Lipinski definition) is 1. The summed E-state index contributed by atoms with van der Waals surface area (Å²) in [4.78, 5) is 20.5. The second-order valence-electron chi connectivity index (χ2n) is 6.29. The summed E-state index contributed by atoms with van der Waals surface area (Å²) in [5.74, 6) is 1.94. The van der Waals surface area contributed by atoms with Gasteiger partial charge in [0.25, 0.3) is 0 Å². The molecule has 140 valence electrons. The molecule has 0 amide bonds. The van der Waals surface area contributed by atoms with Crippen molar-refractivity contribution in [2.75, 3.05) is 43.6 Å². The number of furan rings is 1. The van der Waals surface area contributed by atoms with Gasteiger partial charge in [-0.05, 0) is 31.0 Å². The molecule has 0 aromatic carbocycles. The lowest BCUT2D eigenvalue weighted by Gasteiger charge is -2.16. The maximum Gasteiger partial charge on any atom is 0.225 e. The van der Waals surface area contributed by atoms with Gasteiger partial charge in [0.05, 0.1) is 18.6 Å². The fourth-order valence-corrected chi connectivity index (χ4v) is 3.09. The third-order valence-electron chi connectivity index (χ3n) is 4.44. The fraction of sp³-hybridized carbons (Fsp3) is 0.368. The van der Waals surface area contributed by atoms with E-state index in [0.717, 1.165) is 30.3 Å². The first-order valence-corrected chi connectivity index (χ1v) is 9.07. The Morgan fingerprint density at radius 2 is 2.07 bits per heavy atom. The molecule has 0 spiro atoms. The molecule has 8 heteroatoms. The second kappa shape index (κ2) is 8.13. The number of aromatic nitrogens is 4. The van der Waals surface area contributed by atoms with E-state index in [-0.39, 0.29) is 0 Å². The van der Waals surface area contributed by atoms with E-state index in [1.165, 1.54) is 12.8 Å². The van der Waals surface area contributed by atoms with E-state index in [0.29, 0.717) is 30.6 Å². The molecule has 8 nitrogen and oxygen atoms in total. The average molecular weight is 366 g/mol. The van der Waals surface area contributed by atoms with Crippen LogP contribution >= 0.6 is 0 Å². The summed E-state index contributed by atoms with van der Waals surface area (Å²) in [6.07, 6.45) is 7.55. The first-order valence-electron chi connectivity index (χ1n) is 9.07. The average Bonchev–Trinajstić information content (AvgIpc) is 3.42. The highest BCUT2D eigenvalue weighted by molar-refractivity contribution is 5.77. The van der Waals surface area contributed by atoms with E-state index in [4.69, 9.17) is 14.1 Å². The van der Waals surface area contributed by atoms with Crippen LogP contribution in [0.4, 0.5) is 11.9 Å². The van der Waals surface area contributed by atoms with Crippen molar-refractivity contribution in [3.63, 3.8) is 0 Å². The van der Waals surface area contributed by atoms with Crippen molar-refractivity contribution in [1.29, 1.82) is 0 Å². The van der Waals surface area contributed by atoms with Crippen LogP contribution in [-0.2, 0) is 4.74 Å². The monoisotopic (exact) mass is 366 g/mol. The molecule has 0 radical (unpaired) electrons. The number of ether oxygens (including phenoxy) is 1. The molecule has 1 N–H and O–H groups in total. The van der Waals surface area contributed by atoms with Crippen molar-refractivity contribution < 1.29 is 9.15 Å². The molecule has 0 unspecified atom stereocenters. The Bertz CT molecular complexity index is 878. The van der Waals surface area contributed by atoms with Crippen LogP contribution in [0.5, 0.6) is 0 Å². The smallest absolute Gasteiger partial charge is 0.225 e. The highest BCUT2D eigenvalue weighted by atomic mass is 16.5. The zero-order valence-electron chi connectivity index (χ0n) is 15.3. The Labute approximate surface area is 157 Å². The van der Waals surface area contributed by atoms with Crippen molar-refractivity contribution in [3.8, 4) is 22.7 Å². The van der Waals surface area contributed by atoms with Crippen molar-refractivity contribution in [2.24, 2.45) is 0 Å². The Kier molecular flexibility index (Phi) is 5.24. The summed E-state index contributed by atoms with van der Waals surface area (Å²) in [5, 5.41) is 3.15. The minimum absolute atomic E-state index is 0.524. The molecule has 0 bridgehead atoms. The Morgan fingerprint density at radius 1 is 1.19 bits per heavy atom. The molecule has 0 aliphatic carbocycles. The normalized spacial score (nSPS) is 13.9. The second-order valence-corrected chi connectivity index (χ2v) is 6.29. The fourth-order valence-electron chi connectivity index (χ4n) is 3.09. The molecule has 27 heavy (non-hydrogen) atoms. The Hall–Kier alpha value is -3.00. The Morgan fingerprint density at radius 3 is 2.85 bits per heavy atom. The van der Waals surface area contributed by atoms with Gasteiger partial charge in [0.1, 0.15) is 5.69 Å². The summed E-state index contributed by atoms with van der Waals surface area (Å²) in [5.41, 5.74) is 2.29. The van der Waals surface area contributed by atoms with Gasteiger partial charge in [0.2, 0.25) is 11.9 Å². The zero-order chi connectivity index (χ0) is 18.5. The molecule has 0 saturated carbocycles. The van der Waals surface area contributed by atoms with E-state index < -0.39 is 0 Å². The van der Waals surface area contributed by atoms with Crippen molar-refractivity contribution in [1.82, 2.24) is 19.9 Å². The summed E-state index contributed by atoms with van der Waals surface area (Å²) >= 11 is 0. The molecule has 3 aromatic heterocycles. The van der Waals surface area contributed by atoms with Crippen molar-refractivity contribution >= 4 is 11.9 Å². The number of hydrogen-bond acceptors (Lipinski definition) is 8. The number of rotatable bonds is 7. The molecular weight excluding hydrogens is 344 g/mol. The van der Waals surface area contributed by atoms with Crippen LogP contribution in [0.25, 0.3) is 22.7 Å². The first-order chi connectivity index (χ1) is 13.3. The number of methoxy groups -OCH3 is 1. The van der Waals surface area contributed by atoms with E-state index in [9.17, 15) is 0 Å². The van der Waals surface area contributed by atoms with E-state index >= 15 is 0 Å². The van der Waals surface area contributed by atoms with Gasteiger partial charge in [-0.2, -0.15) is 0 Å². The summed E-state index contributed by atoms with van der Waals surface area (Å²) < 4.78 is 10.7. The van der Waals surface area contributed by atoms with Crippen LogP contribution in [0.3, 0.4) is 0 Å². The quantitative estimate of drug-likeness (QED) is 0.639. The molecule has 0 atom stereocenters. The van der Waals surface area contributed by atoms with Crippen LogP contribution in [-0.4, -0.2) is 53.3 Å². The van der Waals surface area contributed by atoms with E-state index in [2.05, 4.69) is 25.2 Å². The predicted octanol–water partition coefficient (Wildman–Crippen LogP) is 2.85. The van der Waals surface area contributed by atoms with Gasteiger partial charge in [0.15, 0.2) is 5.76 Å². The van der Waals surface area contributed by atoms with Crippen molar-refractivity contribution in [2.45, 2.75) is 12.8 Å². The molecule has 4 rings (SSSR count). The predicted molar refractivity (Wildman–Crippen MR) is 103 cm³/mol. The van der Waals surface area contributed by atoms with E-state index in [1.807, 2.05) is 18.2 Å². The van der Waals surface area contributed by atoms with Crippen LogP contribution in [0.2, 0.25) is 0 Å². The molecule has 1 fully saturated rings. The van der Waals surface area contributed by atoms with Crippen LogP contribution in [0.1, 0.15) is 12.8 Å². The highest BCUT2D eigenvalue weighted by Gasteiger charge is 2.18. The molecule has 1 saturated heterocycles. The summed E-state index contributed by atoms with van der Waals surface area (Å²) in [6, 6.07) is 5.60. The summed E-state index contributed by atoms with van der Waals surface area (Å²) in [6.45, 7) is 3.19. The number of nitrogens with one attached hydrogen (secondary N) is 1. The Balaban J connectivity index is 1.70. The molecular formula is C19H22N6O2. The maximum absolute atomic E-state index is 5.60. The molecule has 1 aliphatic rings. The standard InChI is InChI=1S/C19H22N6O2/c1-26-12-8-20-18-22-13-14(17(24-18)16-5-4-11-27-16)15-6-7-21-19(23-15)25-9-2-3-10-25/h4-7,11,13H,2-3,8-10,12H2,1H3,(H,20,22,24). The highest BCUT2D eigenvalue weighted by Crippen LogP contribution is 2.31. The van der Waals surface area contributed by atoms with Gasteiger partial charge in [-0.1, -0.05) is 0 Å². The van der Waals surface area contributed by atoms with Crippen molar-refractivity contribution in [3.05, 3.63) is 36.9 Å². The maximum atomic E-state index is 5.60. The van der Waals surface area contributed by atoms with Crippen LogP contribution < -0.4 is 10.2 Å². The number of nitrogens with zero attached hydrogens (tertiary/aromatic N) is 5. The van der Waals surface area contributed by atoms with Gasteiger partial charge in [-0.25, -0.2) is 19.9 Å². The van der Waals surface area contributed by atoms with Gasteiger partial charge in [-0.15, -0.1) is 0 Å². The first kappa shape index (κ1) is 17.4. The van der Waals surface area contributed by atoms with Crippen LogP contribution in [0, 0.1) is 0 Å².